The van der Waals surface area contributed by atoms with Gasteiger partial charge in [-0.1, -0.05) is 34.1 Å². The predicted molar refractivity (Wildman–Crippen MR) is 93.6 cm³/mol. The zero-order valence-corrected chi connectivity index (χ0v) is 14.5. The van der Waals surface area contributed by atoms with Crippen molar-refractivity contribution in [2.75, 3.05) is 11.1 Å². The van der Waals surface area contributed by atoms with Crippen molar-refractivity contribution in [3.05, 3.63) is 65.4 Å². The number of nitrogens with one attached hydrogen (secondary N) is 2. The second-order valence-electron chi connectivity index (χ2n) is 4.68. The standard InChI is InChI=1S/C16H13BrN4OS/c17-12-6-8-13(9-7-12)20-15(22)10-23-16-18-11-19-21(16)14-4-2-1-3-5-14/h1-9,11H,10H2,(H,20,22)/p+1. The van der Waals surface area contributed by atoms with E-state index in [4.69, 9.17) is 0 Å². The highest BCUT2D eigenvalue weighted by Crippen LogP contribution is 2.16. The fourth-order valence-corrected chi connectivity index (χ4v) is 2.99. The van der Waals surface area contributed by atoms with Gasteiger partial charge in [0.25, 0.3) is 0 Å². The van der Waals surface area contributed by atoms with Crippen LogP contribution >= 0.6 is 27.7 Å². The number of halogens is 1. The molecule has 0 atom stereocenters. The number of aromatic amines is 1. The molecule has 5 nitrogen and oxygen atoms in total. The molecule has 116 valence electrons. The van der Waals surface area contributed by atoms with Crippen LogP contribution in [0.25, 0.3) is 5.69 Å². The highest BCUT2D eigenvalue weighted by Gasteiger charge is 2.18. The van der Waals surface area contributed by atoms with Gasteiger partial charge in [-0.15, -0.1) is 4.68 Å². The summed E-state index contributed by atoms with van der Waals surface area (Å²) in [6.45, 7) is 0. The number of amides is 1. The Kier molecular flexibility index (Phi) is 5.09. The van der Waals surface area contributed by atoms with Crippen LogP contribution in [0.1, 0.15) is 0 Å². The number of para-hydroxylation sites is 1. The van der Waals surface area contributed by atoms with Crippen LogP contribution in [0, 0.1) is 0 Å². The molecule has 0 fully saturated rings. The first-order valence-electron chi connectivity index (χ1n) is 6.91. The number of carbonyl (C=O) groups is 1. The molecule has 0 aliphatic heterocycles. The van der Waals surface area contributed by atoms with Crippen LogP contribution in [0.4, 0.5) is 5.69 Å². The van der Waals surface area contributed by atoms with E-state index in [1.807, 2.05) is 59.3 Å². The van der Waals surface area contributed by atoms with Gasteiger partial charge in [0.15, 0.2) is 5.69 Å². The zero-order valence-electron chi connectivity index (χ0n) is 12.1. The summed E-state index contributed by atoms with van der Waals surface area (Å²) in [7, 11) is 0. The monoisotopic (exact) mass is 389 g/mol. The fourth-order valence-electron chi connectivity index (χ4n) is 1.98. The van der Waals surface area contributed by atoms with Gasteiger partial charge in [0.2, 0.25) is 12.2 Å². The predicted octanol–water partition coefficient (Wildman–Crippen LogP) is 3.18. The number of nitrogens with zero attached hydrogens (tertiary/aromatic N) is 2. The Morgan fingerprint density at radius 1 is 1.17 bits per heavy atom. The molecular weight excluding hydrogens is 376 g/mol. The van der Waals surface area contributed by atoms with Crippen LogP contribution in [0.3, 0.4) is 0 Å². The van der Waals surface area contributed by atoms with E-state index in [-0.39, 0.29) is 11.7 Å². The van der Waals surface area contributed by atoms with Crippen LogP contribution in [-0.4, -0.2) is 21.7 Å². The van der Waals surface area contributed by atoms with Crippen molar-refractivity contribution in [3.8, 4) is 5.69 Å². The first kappa shape index (κ1) is 15.8. The Morgan fingerprint density at radius 2 is 1.91 bits per heavy atom. The average Bonchev–Trinajstić information content (AvgIpc) is 3.04. The molecule has 1 heterocycles. The Morgan fingerprint density at radius 3 is 2.65 bits per heavy atom. The van der Waals surface area contributed by atoms with Gasteiger partial charge in [0.05, 0.1) is 5.75 Å². The Bertz CT molecular complexity index is 789. The highest BCUT2D eigenvalue weighted by atomic mass is 79.9. The largest absolute Gasteiger partial charge is 0.385 e. The molecule has 0 saturated heterocycles. The third kappa shape index (κ3) is 4.20. The molecular formula is C16H14BrN4OS+. The van der Waals surface area contributed by atoms with Gasteiger partial charge in [0.1, 0.15) is 0 Å². The summed E-state index contributed by atoms with van der Waals surface area (Å²) in [6.07, 6.45) is 1.61. The number of benzene rings is 2. The SMILES string of the molecule is O=C(CSc1nc[nH][n+]1-c1ccccc1)Nc1ccc(Br)cc1. The van der Waals surface area contributed by atoms with Gasteiger partial charge in [-0.2, -0.15) is 5.10 Å². The van der Waals surface area contributed by atoms with E-state index in [2.05, 4.69) is 31.3 Å². The quantitative estimate of drug-likeness (QED) is 0.520. The fraction of sp³-hybridized carbons (Fsp3) is 0.0625. The molecule has 2 aromatic carbocycles. The lowest BCUT2D eigenvalue weighted by Gasteiger charge is -2.03. The molecule has 0 bridgehead atoms. The van der Waals surface area contributed by atoms with Crippen molar-refractivity contribution in [1.29, 1.82) is 0 Å². The van der Waals surface area contributed by atoms with E-state index in [9.17, 15) is 4.79 Å². The summed E-state index contributed by atoms with van der Waals surface area (Å²) < 4.78 is 2.82. The van der Waals surface area contributed by atoms with E-state index in [1.165, 1.54) is 11.8 Å². The van der Waals surface area contributed by atoms with Crippen molar-refractivity contribution >= 4 is 39.3 Å². The number of rotatable bonds is 5. The molecule has 2 N–H and O–H groups in total. The second-order valence-corrected chi connectivity index (χ2v) is 6.54. The summed E-state index contributed by atoms with van der Waals surface area (Å²) in [5, 5.41) is 6.65. The van der Waals surface area contributed by atoms with E-state index < -0.39 is 0 Å². The molecule has 3 aromatic rings. The third-order valence-corrected chi connectivity index (χ3v) is 4.51. The van der Waals surface area contributed by atoms with E-state index >= 15 is 0 Å². The van der Waals surface area contributed by atoms with Gasteiger partial charge in [0, 0.05) is 10.2 Å². The smallest absolute Gasteiger partial charge is 0.325 e. The van der Waals surface area contributed by atoms with E-state index in [0.717, 1.165) is 21.0 Å². The molecule has 1 amide bonds. The van der Waals surface area contributed by atoms with Crippen LogP contribution < -0.4 is 10.00 Å². The van der Waals surface area contributed by atoms with Crippen LogP contribution in [0.5, 0.6) is 0 Å². The van der Waals surface area contributed by atoms with E-state index in [0.29, 0.717) is 0 Å². The summed E-state index contributed by atoms with van der Waals surface area (Å²) in [4.78, 5) is 16.3. The van der Waals surface area contributed by atoms with Gasteiger partial charge in [-0.05, 0) is 53.1 Å². The van der Waals surface area contributed by atoms with Gasteiger partial charge in [-0.25, -0.2) is 0 Å². The molecule has 7 heteroatoms. The lowest BCUT2D eigenvalue weighted by molar-refractivity contribution is -0.694. The molecule has 0 unspecified atom stereocenters. The minimum absolute atomic E-state index is 0.0695. The number of hydrogen-bond donors (Lipinski definition) is 2. The Labute approximate surface area is 146 Å². The maximum absolute atomic E-state index is 12.0. The number of anilines is 1. The summed E-state index contributed by atoms with van der Waals surface area (Å²) >= 11 is 4.75. The number of carbonyl (C=O) groups excluding carboxylic acids is 1. The molecule has 0 aliphatic rings. The maximum Gasteiger partial charge on any atom is 0.385 e. The van der Waals surface area contributed by atoms with E-state index in [1.54, 1.807) is 6.33 Å². The summed E-state index contributed by atoms with van der Waals surface area (Å²) in [6, 6.07) is 17.3. The van der Waals surface area contributed by atoms with Crippen LogP contribution in [0.2, 0.25) is 0 Å². The number of H-pyrrole nitrogens is 1. The van der Waals surface area contributed by atoms with Crippen LogP contribution in [-0.2, 0) is 4.79 Å². The number of aromatic nitrogens is 3. The molecule has 23 heavy (non-hydrogen) atoms. The minimum Gasteiger partial charge on any atom is -0.325 e. The van der Waals surface area contributed by atoms with Crippen molar-refractivity contribution < 1.29 is 9.48 Å². The van der Waals surface area contributed by atoms with Crippen LogP contribution in [0.15, 0.2) is 70.6 Å². The maximum atomic E-state index is 12.0. The zero-order chi connectivity index (χ0) is 16.1. The first-order valence-corrected chi connectivity index (χ1v) is 8.69. The highest BCUT2D eigenvalue weighted by molar-refractivity contribution is 9.10. The normalized spacial score (nSPS) is 10.5. The second kappa shape index (κ2) is 7.43. The van der Waals surface area contributed by atoms with Crippen molar-refractivity contribution in [2.45, 2.75) is 5.16 Å². The average molecular weight is 390 g/mol. The van der Waals surface area contributed by atoms with Crippen molar-refractivity contribution in [3.63, 3.8) is 0 Å². The van der Waals surface area contributed by atoms with Crippen molar-refractivity contribution in [2.24, 2.45) is 0 Å². The summed E-state index contributed by atoms with van der Waals surface area (Å²) in [5.41, 5.74) is 1.75. The molecule has 3 rings (SSSR count). The molecule has 0 radical (unpaired) electrons. The number of thioether (sulfide) groups is 1. The van der Waals surface area contributed by atoms with Gasteiger partial charge in [-0.3, -0.25) is 4.79 Å². The lowest BCUT2D eigenvalue weighted by Crippen LogP contribution is -2.35. The molecule has 0 spiro atoms. The Hall–Kier alpha value is -2.12. The molecule has 0 aliphatic carbocycles. The summed E-state index contributed by atoms with van der Waals surface area (Å²) in [5.74, 6) is 0.216. The lowest BCUT2D eigenvalue weighted by atomic mass is 10.3. The Balaban J connectivity index is 1.62. The number of hydrogen-bond acceptors (Lipinski definition) is 3. The molecule has 0 saturated carbocycles. The topological polar surface area (TPSA) is 61.7 Å². The minimum atomic E-state index is -0.0695. The molecule has 1 aromatic heterocycles. The van der Waals surface area contributed by atoms with Gasteiger partial charge >= 0.3 is 5.16 Å². The first-order chi connectivity index (χ1) is 11.2. The van der Waals surface area contributed by atoms with Gasteiger partial charge < -0.3 is 5.32 Å². The van der Waals surface area contributed by atoms with Crippen molar-refractivity contribution in [1.82, 2.24) is 10.1 Å². The third-order valence-electron chi connectivity index (χ3n) is 3.03.